The summed E-state index contributed by atoms with van der Waals surface area (Å²) >= 11 is 1.81. The Balaban J connectivity index is 1.22. The molecule has 0 bridgehead atoms. The van der Waals surface area contributed by atoms with Crippen LogP contribution in [0.25, 0.3) is 97.4 Å². The number of nitrogens with zero attached hydrogens (tertiary/aromatic N) is 4. The van der Waals surface area contributed by atoms with Crippen LogP contribution in [-0.4, -0.2) is 19.9 Å². The second-order valence-electron chi connectivity index (χ2n) is 11.9. The minimum Gasteiger partial charge on any atom is -0.264 e. The number of rotatable bonds is 3. The number of hydrogen-bond acceptors (Lipinski definition) is 5. The van der Waals surface area contributed by atoms with E-state index in [-0.39, 0.29) is 0 Å². The molecule has 0 aliphatic rings. The van der Waals surface area contributed by atoms with Crippen molar-refractivity contribution in [1.29, 1.82) is 0 Å². The third kappa shape index (κ3) is 4.14. The van der Waals surface area contributed by atoms with Gasteiger partial charge in [0.1, 0.15) is 0 Å². The van der Waals surface area contributed by atoms with Gasteiger partial charge in [0.25, 0.3) is 0 Å². The summed E-state index contributed by atoms with van der Waals surface area (Å²) in [4.78, 5) is 19.7. The van der Waals surface area contributed by atoms with Crippen LogP contribution in [-0.2, 0) is 0 Å². The molecule has 0 aliphatic carbocycles. The van der Waals surface area contributed by atoms with Crippen LogP contribution in [0, 0.1) is 0 Å². The van der Waals surface area contributed by atoms with Gasteiger partial charge in [-0.3, -0.25) is 4.98 Å². The van der Waals surface area contributed by atoms with E-state index in [1.54, 1.807) is 0 Å². The third-order valence-electron chi connectivity index (χ3n) is 9.17. The Morgan fingerprint density at radius 1 is 0.426 bits per heavy atom. The second kappa shape index (κ2) is 10.2. The van der Waals surface area contributed by atoms with Crippen molar-refractivity contribution in [3.8, 4) is 34.2 Å². The Hall–Kier alpha value is -6.04. The minimum absolute atomic E-state index is 0.652. The van der Waals surface area contributed by atoms with E-state index in [0.29, 0.717) is 17.5 Å². The predicted octanol–water partition coefficient (Wildman–Crippen LogP) is 11.2. The molecule has 0 N–H and O–H groups in total. The van der Waals surface area contributed by atoms with Crippen LogP contribution >= 0.6 is 11.3 Å². The van der Waals surface area contributed by atoms with Crippen molar-refractivity contribution in [1.82, 2.24) is 19.9 Å². The summed E-state index contributed by atoms with van der Waals surface area (Å²) < 4.78 is 2.52. The highest BCUT2D eigenvalue weighted by Gasteiger charge is 2.17. The predicted molar refractivity (Wildman–Crippen MR) is 197 cm³/mol. The van der Waals surface area contributed by atoms with E-state index in [1.165, 1.54) is 47.1 Å². The lowest BCUT2D eigenvalue weighted by Crippen LogP contribution is -2.01. The third-order valence-corrected chi connectivity index (χ3v) is 10.4. The standard InChI is InChI=1S/C42H24N4S/c1-2-9-26(10-3-1)40-44-41(29-17-18-31-27(22-29)16-19-34-36-24-43-21-20-37(36)47-39(31)34)46-42(45-40)35-23-28-15-14-25-8-4-5-11-30(25)38(28)33-13-7-6-12-32(33)35/h1-24H. The molecule has 47 heavy (non-hydrogen) atoms. The average molecular weight is 617 g/mol. The Kier molecular flexibility index (Phi) is 5.71. The summed E-state index contributed by atoms with van der Waals surface area (Å²) in [5.74, 6) is 1.97. The molecule has 0 saturated heterocycles. The number of hydrogen-bond donors (Lipinski definition) is 0. The fourth-order valence-electron chi connectivity index (χ4n) is 6.95. The normalized spacial score (nSPS) is 11.8. The molecule has 0 atom stereocenters. The van der Waals surface area contributed by atoms with Crippen molar-refractivity contribution < 1.29 is 0 Å². The van der Waals surface area contributed by atoms with Crippen LogP contribution in [0.15, 0.2) is 146 Å². The zero-order valence-electron chi connectivity index (χ0n) is 25.1. The molecule has 3 aromatic heterocycles. The van der Waals surface area contributed by atoms with Crippen LogP contribution in [0.4, 0.5) is 0 Å². The highest BCUT2D eigenvalue weighted by atomic mass is 32.1. The van der Waals surface area contributed by atoms with Gasteiger partial charge in [0.05, 0.1) is 0 Å². The number of benzene rings is 7. The van der Waals surface area contributed by atoms with E-state index >= 15 is 0 Å². The molecule has 0 unspecified atom stereocenters. The summed E-state index contributed by atoms with van der Waals surface area (Å²) in [6.45, 7) is 0. The van der Waals surface area contributed by atoms with Gasteiger partial charge in [0, 0.05) is 49.3 Å². The first-order valence-corrected chi connectivity index (χ1v) is 16.4. The molecular weight excluding hydrogens is 593 g/mol. The average Bonchev–Trinajstić information content (AvgIpc) is 3.53. The summed E-state index contributed by atoms with van der Waals surface area (Å²) in [5.41, 5.74) is 2.90. The Morgan fingerprint density at radius 3 is 2.02 bits per heavy atom. The minimum atomic E-state index is 0.652. The van der Waals surface area contributed by atoms with Crippen LogP contribution < -0.4 is 0 Å². The van der Waals surface area contributed by atoms with Gasteiger partial charge in [-0.05, 0) is 61.3 Å². The molecular formula is C42H24N4S. The number of fused-ring (bicyclic) bond motifs is 10. The first-order chi connectivity index (χ1) is 23.3. The van der Waals surface area contributed by atoms with E-state index in [9.17, 15) is 0 Å². The molecule has 0 fully saturated rings. The molecule has 7 aromatic carbocycles. The van der Waals surface area contributed by atoms with Crippen LogP contribution in [0.1, 0.15) is 0 Å². The van der Waals surface area contributed by atoms with Crippen molar-refractivity contribution in [3.05, 3.63) is 146 Å². The molecule has 3 heterocycles. The lowest BCUT2D eigenvalue weighted by atomic mass is 9.93. The summed E-state index contributed by atoms with van der Waals surface area (Å²) in [5, 5.41) is 12.0. The highest BCUT2D eigenvalue weighted by molar-refractivity contribution is 7.26. The second-order valence-corrected chi connectivity index (χ2v) is 12.9. The van der Waals surface area contributed by atoms with Crippen LogP contribution in [0.5, 0.6) is 0 Å². The fourth-order valence-corrected chi connectivity index (χ4v) is 8.16. The molecule has 0 spiro atoms. The maximum absolute atomic E-state index is 5.19. The quantitative estimate of drug-likeness (QED) is 0.185. The first kappa shape index (κ1) is 26.2. The Morgan fingerprint density at radius 2 is 1.13 bits per heavy atom. The molecule has 10 aromatic rings. The molecule has 10 rings (SSSR count). The van der Waals surface area contributed by atoms with Crippen molar-refractivity contribution in [2.45, 2.75) is 0 Å². The zero-order chi connectivity index (χ0) is 30.9. The van der Waals surface area contributed by atoms with Gasteiger partial charge < -0.3 is 0 Å². The lowest BCUT2D eigenvalue weighted by Gasteiger charge is -2.14. The Bertz CT molecular complexity index is 2860. The van der Waals surface area contributed by atoms with Crippen molar-refractivity contribution in [2.75, 3.05) is 0 Å². The monoisotopic (exact) mass is 616 g/mol. The Labute approximate surface area is 273 Å². The maximum Gasteiger partial charge on any atom is 0.164 e. The van der Waals surface area contributed by atoms with Crippen molar-refractivity contribution in [2.24, 2.45) is 0 Å². The van der Waals surface area contributed by atoms with Crippen LogP contribution in [0.2, 0.25) is 0 Å². The SMILES string of the molecule is c1ccc(-c2nc(-c3ccc4c(ccc5c6cnccc6sc45)c3)nc(-c3cc4ccc5ccccc5c4c4ccccc34)n2)cc1. The number of thiophene rings is 1. The van der Waals surface area contributed by atoms with Gasteiger partial charge in [-0.15, -0.1) is 11.3 Å². The van der Waals surface area contributed by atoms with Crippen LogP contribution in [0.3, 0.4) is 0 Å². The van der Waals surface area contributed by atoms with Gasteiger partial charge >= 0.3 is 0 Å². The van der Waals surface area contributed by atoms with Gasteiger partial charge in [-0.1, -0.05) is 115 Å². The topological polar surface area (TPSA) is 51.6 Å². The smallest absolute Gasteiger partial charge is 0.164 e. The molecule has 4 nitrogen and oxygen atoms in total. The molecule has 0 radical (unpaired) electrons. The summed E-state index contributed by atoms with van der Waals surface area (Å²) in [7, 11) is 0. The number of aromatic nitrogens is 4. The van der Waals surface area contributed by atoms with Gasteiger partial charge in [0.2, 0.25) is 0 Å². The van der Waals surface area contributed by atoms with Crippen molar-refractivity contribution >= 4 is 74.6 Å². The summed E-state index contributed by atoms with van der Waals surface area (Å²) in [6.07, 6.45) is 3.83. The van der Waals surface area contributed by atoms with E-state index in [4.69, 9.17) is 15.0 Å². The van der Waals surface area contributed by atoms with Gasteiger partial charge in [-0.2, -0.15) is 0 Å². The highest BCUT2D eigenvalue weighted by Crippen LogP contribution is 2.40. The first-order valence-electron chi connectivity index (χ1n) is 15.6. The van der Waals surface area contributed by atoms with Crippen molar-refractivity contribution in [3.63, 3.8) is 0 Å². The molecule has 218 valence electrons. The zero-order valence-corrected chi connectivity index (χ0v) is 25.9. The molecule has 0 aliphatic heterocycles. The van der Waals surface area contributed by atoms with Gasteiger partial charge in [0.15, 0.2) is 17.5 Å². The largest absolute Gasteiger partial charge is 0.264 e. The van der Waals surface area contributed by atoms with E-state index < -0.39 is 0 Å². The molecule has 0 saturated carbocycles. The fraction of sp³-hybridized carbons (Fsp3) is 0. The summed E-state index contributed by atoms with van der Waals surface area (Å²) in [6, 6.07) is 47.1. The van der Waals surface area contributed by atoms with E-state index in [2.05, 4.69) is 120 Å². The lowest BCUT2D eigenvalue weighted by molar-refractivity contribution is 1.08. The number of pyridine rings is 1. The maximum atomic E-state index is 5.19. The van der Waals surface area contributed by atoms with E-state index in [1.807, 2.05) is 41.9 Å². The van der Waals surface area contributed by atoms with Gasteiger partial charge in [-0.25, -0.2) is 15.0 Å². The molecule has 5 heteroatoms. The molecule has 0 amide bonds. The van der Waals surface area contributed by atoms with E-state index in [0.717, 1.165) is 32.8 Å².